The summed E-state index contributed by atoms with van der Waals surface area (Å²) in [5.41, 5.74) is 21.3. The molecule has 13 aromatic rings. The van der Waals surface area contributed by atoms with E-state index in [-0.39, 0.29) is 11.8 Å². The molecule has 4 aromatic heterocycles. The molecule has 0 spiro atoms. The molecule has 9 aromatic carbocycles. The fourth-order valence-electron chi connectivity index (χ4n) is 11.9. The van der Waals surface area contributed by atoms with E-state index in [2.05, 4.69) is 222 Å². The van der Waals surface area contributed by atoms with E-state index in [1.165, 1.54) is 66.6 Å². The van der Waals surface area contributed by atoms with E-state index >= 15 is 0 Å². The van der Waals surface area contributed by atoms with Crippen LogP contribution in [0.15, 0.2) is 233 Å². The van der Waals surface area contributed by atoms with Gasteiger partial charge in [-0.15, -0.1) is 0 Å². The van der Waals surface area contributed by atoms with Crippen molar-refractivity contribution in [2.45, 2.75) is 12.8 Å². The number of allylic oxidation sites excluding steroid dienone is 4. The second kappa shape index (κ2) is 14.6. The molecule has 0 saturated carbocycles. The van der Waals surface area contributed by atoms with E-state index < -0.39 is 0 Å². The van der Waals surface area contributed by atoms with Crippen molar-refractivity contribution in [1.82, 2.24) is 9.13 Å². The Hall–Kier alpha value is -8.86. The molecule has 0 bridgehead atoms. The van der Waals surface area contributed by atoms with Crippen molar-refractivity contribution in [3.8, 4) is 61.6 Å². The normalized spacial score (nSPS) is 15.3. The van der Waals surface area contributed by atoms with Crippen molar-refractivity contribution in [3.63, 3.8) is 0 Å². The van der Waals surface area contributed by atoms with Gasteiger partial charge in [0.05, 0.1) is 22.4 Å². The standard InChI is InChI=1S/C65H42N2O2/c1-39-29-32-44(38-55(39)42-31-34-48-46-18-9-13-28-59(46)69-61(48)37-42)67-57-26-11-7-24-54(57)63-50-20-3-2-19-49(50)62-53-23-6-10-25-56(53)66(64(62)51-21-4-5-22-52(51)65(63)67)43-16-14-15-40(35-43)41-30-33-47-45-17-8-12-27-58(45)68-60(47)36-41/h2-39,55H,1H3. The van der Waals surface area contributed by atoms with Crippen molar-refractivity contribution in [3.05, 3.63) is 230 Å². The zero-order valence-electron chi connectivity index (χ0n) is 37.7. The largest absolute Gasteiger partial charge is 0.456 e. The van der Waals surface area contributed by atoms with Gasteiger partial charge in [0.25, 0.3) is 0 Å². The molecule has 0 N–H and O–H groups in total. The number of hydrogen-bond donors (Lipinski definition) is 0. The van der Waals surface area contributed by atoms with Gasteiger partial charge in [-0.1, -0.05) is 171 Å². The van der Waals surface area contributed by atoms with Gasteiger partial charge in [0.2, 0.25) is 0 Å². The maximum atomic E-state index is 6.45. The molecule has 2 atom stereocenters. The third kappa shape index (κ3) is 5.57. The summed E-state index contributed by atoms with van der Waals surface area (Å²) >= 11 is 0. The summed E-state index contributed by atoms with van der Waals surface area (Å²) in [6, 6.07) is 75.1. The van der Waals surface area contributed by atoms with Crippen molar-refractivity contribution in [2.24, 2.45) is 5.92 Å². The average molecular weight is 883 g/mol. The fourth-order valence-corrected chi connectivity index (χ4v) is 11.9. The van der Waals surface area contributed by atoms with Crippen LogP contribution in [-0.4, -0.2) is 9.13 Å². The van der Waals surface area contributed by atoms with E-state index in [1.54, 1.807) is 0 Å². The first-order chi connectivity index (χ1) is 34.1. The molecule has 0 aliphatic heterocycles. The lowest BCUT2D eigenvalue weighted by Crippen LogP contribution is -2.12. The van der Waals surface area contributed by atoms with Crippen LogP contribution < -0.4 is 0 Å². The highest BCUT2D eigenvalue weighted by atomic mass is 16.3. The molecule has 4 nitrogen and oxygen atoms in total. The van der Waals surface area contributed by atoms with Gasteiger partial charge in [-0.25, -0.2) is 0 Å². The maximum absolute atomic E-state index is 6.45. The van der Waals surface area contributed by atoms with E-state index in [1.807, 2.05) is 18.2 Å². The number of para-hydroxylation sites is 4. The summed E-state index contributed by atoms with van der Waals surface area (Å²) in [5.74, 6) is 0.409. The molecule has 0 fully saturated rings. The van der Waals surface area contributed by atoms with Gasteiger partial charge >= 0.3 is 0 Å². The molecule has 2 aliphatic rings. The highest BCUT2D eigenvalue weighted by Gasteiger charge is 2.33. The van der Waals surface area contributed by atoms with Crippen molar-refractivity contribution in [1.29, 1.82) is 0 Å². The maximum Gasteiger partial charge on any atom is 0.136 e. The molecule has 4 heteroatoms. The first kappa shape index (κ1) is 38.3. The lowest BCUT2D eigenvalue weighted by Gasteiger charge is -2.27. The molecular weight excluding hydrogens is 841 g/mol. The topological polar surface area (TPSA) is 36.1 Å². The summed E-state index contributed by atoms with van der Waals surface area (Å²) in [6.45, 7) is 2.33. The number of fused-ring (bicyclic) bond motifs is 18. The third-order valence-electron chi connectivity index (χ3n) is 15.0. The second-order valence-corrected chi connectivity index (χ2v) is 18.8. The molecule has 324 valence electrons. The van der Waals surface area contributed by atoms with Crippen LogP contribution in [0.4, 0.5) is 0 Å². The van der Waals surface area contributed by atoms with Gasteiger partial charge in [-0.05, 0) is 94.4 Å². The number of furan rings is 2. The van der Waals surface area contributed by atoms with Crippen molar-refractivity contribution < 1.29 is 8.83 Å². The number of aromatic nitrogens is 2. The number of nitrogens with zero attached hydrogens (tertiary/aromatic N) is 2. The number of rotatable bonds is 4. The SMILES string of the molecule is CC1C=CC(n2c3c(c4ccccc42)-c2ccccc2-c2c(n(-c4cccc(-c5ccc6c(c5)oc5ccccc56)c4)c4ccccc24)-c2ccccc2-3)=CC1c1ccc2c(c1)oc1ccccc12. The minimum atomic E-state index is 0.129. The predicted octanol–water partition coefficient (Wildman–Crippen LogP) is 17.9. The Morgan fingerprint density at radius 2 is 0.899 bits per heavy atom. The molecule has 0 saturated heterocycles. The van der Waals surface area contributed by atoms with Gasteiger partial charge < -0.3 is 18.0 Å². The Balaban J connectivity index is 0.972. The van der Waals surface area contributed by atoms with Crippen LogP contribution in [0, 0.1) is 5.92 Å². The van der Waals surface area contributed by atoms with E-state index in [0.717, 1.165) is 71.9 Å². The van der Waals surface area contributed by atoms with Gasteiger partial charge in [0, 0.05) is 71.9 Å². The van der Waals surface area contributed by atoms with Crippen LogP contribution >= 0.6 is 0 Å². The van der Waals surface area contributed by atoms with Crippen molar-refractivity contribution >= 4 is 71.4 Å². The lowest BCUT2D eigenvalue weighted by atomic mass is 9.82. The highest BCUT2D eigenvalue weighted by Crippen LogP contribution is 2.55. The van der Waals surface area contributed by atoms with E-state index in [9.17, 15) is 0 Å². The minimum absolute atomic E-state index is 0.129. The molecule has 4 heterocycles. The van der Waals surface area contributed by atoms with Crippen LogP contribution in [0.3, 0.4) is 0 Å². The summed E-state index contributed by atoms with van der Waals surface area (Å²) in [4.78, 5) is 0. The fraction of sp³-hybridized carbons (Fsp3) is 0.0462. The highest BCUT2D eigenvalue weighted by molar-refractivity contribution is 6.18. The Labute approximate surface area is 397 Å². The Morgan fingerprint density at radius 3 is 1.57 bits per heavy atom. The van der Waals surface area contributed by atoms with Gasteiger partial charge in [-0.3, -0.25) is 0 Å². The average Bonchev–Trinajstić information content (AvgIpc) is 4.16. The second-order valence-electron chi connectivity index (χ2n) is 18.8. The summed E-state index contributed by atoms with van der Waals surface area (Å²) in [6.07, 6.45) is 7.23. The Kier molecular flexibility index (Phi) is 8.08. The molecule has 69 heavy (non-hydrogen) atoms. The zero-order chi connectivity index (χ0) is 45.3. The summed E-state index contributed by atoms with van der Waals surface area (Å²) in [7, 11) is 0. The Bertz CT molecular complexity index is 4350. The van der Waals surface area contributed by atoms with Gasteiger partial charge in [-0.2, -0.15) is 0 Å². The van der Waals surface area contributed by atoms with Crippen LogP contribution in [0.5, 0.6) is 0 Å². The minimum Gasteiger partial charge on any atom is -0.456 e. The molecule has 0 amide bonds. The lowest BCUT2D eigenvalue weighted by molar-refractivity contribution is 0.630. The van der Waals surface area contributed by atoms with E-state index in [0.29, 0.717) is 0 Å². The molecule has 2 unspecified atom stereocenters. The zero-order valence-corrected chi connectivity index (χ0v) is 37.7. The number of benzene rings is 9. The molecule has 2 aliphatic carbocycles. The third-order valence-corrected chi connectivity index (χ3v) is 15.0. The molecular formula is C65H42N2O2. The van der Waals surface area contributed by atoms with Crippen LogP contribution in [0.25, 0.3) is 133 Å². The predicted molar refractivity (Wildman–Crippen MR) is 286 cm³/mol. The Morgan fingerprint density at radius 1 is 0.391 bits per heavy atom. The van der Waals surface area contributed by atoms with E-state index in [4.69, 9.17) is 8.83 Å². The van der Waals surface area contributed by atoms with Crippen LogP contribution in [-0.2, 0) is 0 Å². The molecule has 15 rings (SSSR count). The first-order valence-electron chi connectivity index (χ1n) is 23.9. The van der Waals surface area contributed by atoms with Crippen LogP contribution in [0.1, 0.15) is 18.4 Å². The number of hydrogen-bond acceptors (Lipinski definition) is 2. The summed E-state index contributed by atoms with van der Waals surface area (Å²) < 4.78 is 17.9. The quantitative estimate of drug-likeness (QED) is 0.177. The molecule has 0 radical (unpaired) electrons. The smallest absolute Gasteiger partial charge is 0.136 e. The van der Waals surface area contributed by atoms with Crippen LogP contribution in [0.2, 0.25) is 0 Å². The van der Waals surface area contributed by atoms with Gasteiger partial charge in [0.1, 0.15) is 22.3 Å². The van der Waals surface area contributed by atoms with Gasteiger partial charge in [0.15, 0.2) is 0 Å². The van der Waals surface area contributed by atoms with Crippen molar-refractivity contribution in [2.75, 3.05) is 0 Å². The summed E-state index contributed by atoms with van der Waals surface area (Å²) in [5, 5.41) is 7.01. The monoisotopic (exact) mass is 882 g/mol. The first-order valence-corrected chi connectivity index (χ1v) is 23.9.